The lowest BCUT2D eigenvalue weighted by atomic mass is 10.0. The smallest absolute Gasteiger partial charge is 0.241 e. The van der Waals surface area contributed by atoms with Crippen molar-refractivity contribution in [2.24, 2.45) is 5.92 Å². The molecule has 104 valence electrons. The summed E-state index contributed by atoms with van der Waals surface area (Å²) in [6, 6.07) is 4.18. The number of nitrogens with zero attached hydrogens (tertiary/aromatic N) is 1. The zero-order valence-electron chi connectivity index (χ0n) is 11.0. The second-order valence-corrected chi connectivity index (χ2v) is 5.54. The Morgan fingerprint density at radius 2 is 2.32 bits per heavy atom. The molecule has 0 aromatic heterocycles. The number of nitrogens with one attached hydrogen (secondary N) is 1. The quantitative estimate of drug-likeness (QED) is 0.925. The van der Waals surface area contributed by atoms with Gasteiger partial charge < -0.3 is 10.2 Å². The molecular weight excluding hydrogens is 267 g/mol. The maximum Gasteiger partial charge on any atom is 0.241 e. The van der Waals surface area contributed by atoms with Gasteiger partial charge in [-0.3, -0.25) is 4.79 Å². The van der Waals surface area contributed by atoms with Crippen LogP contribution in [-0.2, 0) is 4.79 Å². The van der Waals surface area contributed by atoms with E-state index in [-0.39, 0.29) is 12.5 Å². The van der Waals surface area contributed by atoms with E-state index in [0.717, 1.165) is 19.5 Å². The van der Waals surface area contributed by atoms with E-state index in [0.29, 0.717) is 16.6 Å². The SMILES string of the molecule is CC1CCCN(C(=O)CNc2cc(F)cc(Cl)c2)C1. The van der Waals surface area contributed by atoms with Gasteiger partial charge in [-0.05, 0) is 37.0 Å². The molecule has 5 heteroatoms. The molecule has 0 spiro atoms. The largest absolute Gasteiger partial charge is 0.376 e. The molecule has 0 radical (unpaired) electrons. The van der Waals surface area contributed by atoms with E-state index in [2.05, 4.69) is 12.2 Å². The van der Waals surface area contributed by atoms with Crippen molar-refractivity contribution in [1.82, 2.24) is 4.90 Å². The highest BCUT2D eigenvalue weighted by Crippen LogP contribution is 2.19. The summed E-state index contributed by atoms with van der Waals surface area (Å²) >= 11 is 5.76. The number of rotatable bonds is 3. The second-order valence-electron chi connectivity index (χ2n) is 5.10. The lowest BCUT2D eigenvalue weighted by Crippen LogP contribution is -2.41. The maximum atomic E-state index is 13.1. The van der Waals surface area contributed by atoms with Crippen LogP contribution in [0.15, 0.2) is 18.2 Å². The highest BCUT2D eigenvalue weighted by atomic mass is 35.5. The van der Waals surface area contributed by atoms with Crippen molar-refractivity contribution in [3.05, 3.63) is 29.0 Å². The minimum absolute atomic E-state index is 0.0481. The molecule has 0 aliphatic carbocycles. The average molecular weight is 285 g/mol. The van der Waals surface area contributed by atoms with Crippen LogP contribution in [0.1, 0.15) is 19.8 Å². The maximum absolute atomic E-state index is 13.1. The molecule has 19 heavy (non-hydrogen) atoms. The zero-order valence-corrected chi connectivity index (χ0v) is 11.7. The molecule has 1 heterocycles. The molecule has 0 bridgehead atoms. The molecule has 1 aliphatic rings. The summed E-state index contributed by atoms with van der Waals surface area (Å²) in [6.45, 7) is 3.95. The topological polar surface area (TPSA) is 32.3 Å². The molecule has 1 fully saturated rings. The Labute approximate surface area is 117 Å². The molecule has 1 atom stereocenters. The number of piperidine rings is 1. The predicted octanol–water partition coefficient (Wildman–Crippen LogP) is 3.15. The first-order valence-electron chi connectivity index (χ1n) is 6.52. The first kappa shape index (κ1) is 14.1. The fourth-order valence-corrected chi connectivity index (χ4v) is 2.58. The first-order valence-corrected chi connectivity index (χ1v) is 6.90. The Kier molecular flexibility index (Phi) is 4.64. The first-order chi connectivity index (χ1) is 9.04. The van der Waals surface area contributed by atoms with Gasteiger partial charge in [0.25, 0.3) is 0 Å². The summed E-state index contributed by atoms with van der Waals surface area (Å²) in [7, 11) is 0. The van der Waals surface area contributed by atoms with Crippen LogP contribution in [0.3, 0.4) is 0 Å². The lowest BCUT2D eigenvalue weighted by Gasteiger charge is -2.31. The lowest BCUT2D eigenvalue weighted by molar-refractivity contribution is -0.130. The standard InChI is InChI=1S/C14H18ClFN2O/c1-10-3-2-4-18(9-10)14(19)8-17-13-6-11(15)5-12(16)7-13/h5-7,10,17H,2-4,8-9H2,1H3. The summed E-state index contributed by atoms with van der Waals surface area (Å²) in [5.41, 5.74) is 0.531. The Morgan fingerprint density at radius 3 is 3.00 bits per heavy atom. The van der Waals surface area contributed by atoms with E-state index in [1.54, 1.807) is 6.07 Å². The van der Waals surface area contributed by atoms with Crippen LogP contribution in [0.5, 0.6) is 0 Å². The van der Waals surface area contributed by atoms with Crippen LogP contribution in [-0.4, -0.2) is 30.4 Å². The van der Waals surface area contributed by atoms with Crippen LogP contribution in [0, 0.1) is 11.7 Å². The third kappa shape index (κ3) is 4.10. The van der Waals surface area contributed by atoms with Crippen molar-refractivity contribution >= 4 is 23.2 Å². The van der Waals surface area contributed by atoms with Crippen molar-refractivity contribution in [1.29, 1.82) is 0 Å². The second kappa shape index (κ2) is 6.24. The molecule has 1 aromatic carbocycles. The van der Waals surface area contributed by atoms with Gasteiger partial charge in [0.1, 0.15) is 5.82 Å². The molecule has 3 nitrogen and oxygen atoms in total. The molecule has 1 aromatic rings. The summed E-state index contributed by atoms with van der Waals surface area (Å²) in [4.78, 5) is 13.9. The van der Waals surface area contributed by atoms with Crippen molar-refractivity contribution < 1.29 is 9.18 Å². The van der Waals surface area contributed by atoms with E-state index >= 15 is 0 Å². The summed E-state index contributed by atoms with van der Waals surface area (Å²) in [5.74, 6) is 0.197. The van der Waals surface area contributed by atoms with Crippen LogP contribution >= 0.6 is 11.6 Å². The minimum atomic E-state index is -0.408. The molecule has 1 N–H and O–H groups in total. The van der Waals surface area contributed by atoms with Gasteiger partial charge >= 0.3 is 0 Å². The van der Waals surface area contributed by atoms with Crippen molar-refractivity contribution in [2.75, 3.05) is 25.0 Å². The van der Waals surface area contributed by atoms with Gasteiger partial charge in [0.05, 0.1) is 6.54 Å². The number of likely N-dealkylation sites (tertiary alicyclic amines) is 1. The Morgan fingerprint density at radius 1 is 1.53 bits per heavy atom. The highest BCUT2D eigenvalue weighted by molar-refractivity contribution is 6.30. The molecular formula is C14H18ClFN2O. The fraction of sp³-hybridized carbons (Fsp3) is 0.500. The monoisotopic (exact) mass is 284 g/mol. The number of halogens is 2. The van der Waals surface area contributed by atoms with Crippen LogP contribution in [0.2, 0.25) is 5.02 Å². The number of amides is 1. The molecule has 1 unspecified atom stereocenters. The Balaban J connectivity index is 1.89. The van der Waals surface area contributed by atoms with E-state index in [1.165, 1.54) is 18.6 Å². The predicted molar refractivity (Wildman–Crippen MR) is 74.9 cm³/mol. The Hall–Kier alpha value is -1.29. The average Bonchev–Trinajstić information content (AvgIpc) is 2.35. The fourth-order valence-electron chi connectivity index (χ4n) is 2.36. The molecule has 1 saturated heterocycles. The van der Waals surface area contributed by atoms with E-state index < -0.39 is 5.82 Å². The molecule has 1 aliphatic heterocycles. The third-order valence-corrected chi connectivity index (χ3v) is 3.53. The number of hydrogen-bond donors (Lipinski definition) is 1. The van der Waals surface area contributed by atoms with Crippen molar-refractivity contribution in [3.63, 3.8) is 0 Å². The van der Waals surface area contributed by atoms with Gasteiger partial charge in [-0.25, -0.2) is 4.39 Å². The van der Waals surface area contributed by atoms with E-state index in [1.807, 2.05) is 4.90 Å². The van der Waals surface area contributed by atoms with Gasteiger partial charge in [0, 0.05) is 23.8 Å². The Bertz CT molecular complexity index is 447. The molecule has 1 amide bonds. The van der Waals surface area contributed by atoms with Gasteiger partial charge in [-0.15, -0.1) is 0 Å². The summed E-state index contributed by atoms with van der Waals surface area (Å²) in [5, 5.41) is 3.24. The summed E-state index contributed by atoms with van der Waals surface area (Å²) in [6.07, 6.45) is 2.23. The zero-order chi connectivity index (χ0) is 13.8. The van der Waals surface area contributed by atoms with Crippen LogP contribution in [0.4, 0.5) is 10.1 Å². The molecule has 2 rings (SSSR count). The summed E-state index contributed by atoms with van der Waals surface area (Å²) < 4.78 is 13.1. The normalized spacial score (nSPS) is 19.3. The highest BCUT2D eigenvalue weighted by Gasteiger charge is 2.20. The van der Waals surface area contributed by atoms with Crippen LogP contribution < -0.4 is 5.32 Å². The van der Waals surface area contributed by atoms with Gasteiger partial charge in [0.2, 0.25) is 5.91 Å². The number of carbonyl (C=O) groups excluding carboxylic acids is 1. The minimum Gasteiger partial charge on any atom is -0.376 e. The van der Waals surface area contributed by atoms with E-state index in [4.69, 9.17) is 11.6 Å². The molecule has 0 saturated carbocycles. The third-order valence-electron chi connectivity index (χ3n) is 3.32. The van der Waals surface area contributed by atoms with E-state index in [9.17, 15) is 9.18 Å². The van der Waals surface area contributed by atoms with Gasteiger partial charge in [-0.1, -0.05) is 18.5 Å². The van der Waals surface area contributed by atoms with Crippen molar-refractivity contribution in [2.45, 2.75) is 19.8 Å². The number of carbonyl (C=O) groups is 1. The van der Waals surface area contributed by atoms with Crippen molar-refractivity contribution in [3.8, 4) is 0 Å². The number of benzene rings is 1. The van der Waals surface area contributed by atoms with Gasteiger partial charge in [-0.2, -0.15) is 0 Å². The number of hydrogen-bond acceptors (Lipinski definition) is 2. The van der Waals surface area contributed by atoms with Crippen LogP contribution in [0.25, 0.3) is 0 Å². The number of anilines is 1. The van der Waals surface area contributed by atoms with Gasteiger partial charge in [0.15, 0.2) is 0 Å².